The zero-order chi connectivity index (χ0) is 14.7. The summed E-state index contributed by atoms with van der Waals surface area (Å²) in [7, 11) is -4.74. The minimum absolute atomic E-state index is 0.170. The maximum atomic E-state index is 12.1. The minimum atomic E-state index is -3.79. The number of halogens is 1. The Labute approximate surface area is 119 Å². The SMILES string of the molecule is CN(C)S(=O)(=O)c1ccccc1S(=O)(=O)CCCCl. The first-order chi connectivity index (χ1) is 8.73. The quantitative estimate of drug-likeness (QED) is 0.740. The van der Waals surface area contributed by atoms with Gasteiger partial charge in [-0.3, -0.25) is 0 Å². The molecule has 0 saturated heterocycles. The van der Waals surface area contributed by atoms with Crippen molar-refractivity contribution in [2.45, 2.75) is 16.2 Å². The number of hydrogen-bond donors (Lipinski definition) is 0. The lowest BCUT2D eigenvalue weighted by Gasteiger charge is -2.15. The normalized spacial score (nSPS) is 12.8. The highest BCUT2D eigenvalue weighted by Gasteiger charge is 2.27. The Morgan fingerprint density at radius 3 is 2.05 bits per heavy atom. The smallest absolute Gasteiger partial charge is 0.224 e. The maximum Gasteiger partial charge on any atom is 0.243 e. The lowest BCUT2D eigenvalue weighted by molar-refractivity contribution is 0.517. The van der Waals surface area contributed by atoms with Crippen molar-refractivity contribution >= 4 is 31.5 Å². The number of nitrogens with zero attached hydrogens (tertiary/aromatic N) is 1. The highest BCUT2D eigenvalue weighted by atomic mass is 35.5. The molecule has 0 bridgehead atoms. The van der Waals surface area contributed by atoms with Crippen LogP contribution in [0, 0.1) is 0 Å². The summed E-state index contributed by atoms with van der Waals surface area (Å²) in [6, 6.07) is 5.60. The van der Waals surface area contributed by atoms with E-state index in [4.69, 9.17) is 11.6 Å². The van der Waals surface area contributed by atoms with E-state index in [-0.39, 0.29) is 27.8 Å². The van der Waals surface area contributed by atoms with E-state index in [1.807, 2.05) is 0 Å². The van der Waals surface area contributed by atoms with Crippen molar-refractivity contribution in [3.63, 3.8) is 0 Å². The Bertz CT molecular complexity index is 638. The molecule has 0 fully saturated rings. The van der Waals surface area contributed by atoms with Gasteiger partial charge in [0.1, 0.15) is 4.90 Å². The van der Waals surface area contributed by atoms with Crippen LogP contribution in [0.2, 0.25) is 0 Å². The second-order valence-corrected chi connectivity index (χ2v) is 8.67. The molecule has 0 aliphatic heterocycles. The van der Waals surface area contributed by atoms with Crippen molar-refractivity contribution in [1.29, 1.82) is 0 Å². The molecule has 0 unspecified atom stereocenters. The summed E-state index contributed by atoms with van der Waals surface area (Å²) in [5.74, 6) is 0.0400. The van der Waals surface area contributed by atoms with E-state index < -0.39 is 19.9 Å². The monoisotopic (exact) mass is 325 g/mol. The van der Waals surface area contributed by atoms with Gasteiger partial charge >= 0.3 is 0 Å². The zero-order valence-electron chi connectivity index (χ0n) is 10.7. The molecule has 0 aliphatic carbocycles. The molecule has 0 heterocycles. The maximum absolute atomic E-state index is 12.1. The topological polar surface area (TPSA) is 71.5 Å². The minimum Gasteiger partial charge on any atom is -0.224 e. The Kier molecular flexibility index (Phi) is 5.37. The molecule has 0 aliphatic rings. The van der Waals surface area contributed by atoms with Crippen LogP contribution in [0.5, 0.6) is 0 Å². The first-order valence-corrected chi connectivity index (χ1v) is 9.16. The molecule has 1 aromatic rings. The summed E-state index contributed by atoms with van der Waals surface area (Å²) in [4.78, 5) is -0.372. The van der Waals surface area contributed by atoms with Gasteiger partial charge in [0.15, 0.2) is 9.84 Å². The van der Waals surface area contributed by atoms with Gasteiger partial charge in [-0.05, 0) is 18.6 Å². The molecule has 0 N–H and O–H groups in total. The van der Waals surface area contributed by atoms with Crippen molar-refractivity contribution in [3.8, 4) is 0 Å². The second kappa shape index (κ2) is 6.21. The molecule has 0 radical (unpaired) electrons. The van der Waals surface area contributed by atoms with Crippen LogP contribution < -0.4 is 0 Å². The lowest BCUT2D eigenvalue weighted by Crippen LogP contribution is -2.24. The van der Waals surface area contributed by atoms with E-state index in [9.17, 15) is 16.8 Å². The van der Waals surface area contributed by atoms with Crippen LogP contribution in [0.1, 0.15) is 6.42 Å². The van der Waals surface area contributed by atoms with Crippen LogP contribution in [0.4, 0.5) is 0 Å². The standard InChI is InChI=1S/C11H16ClNO4S2/c1-13(2)19(16,17)11-7-4-3-6-10(11)18(14,15)9-5-8-12/h3-4,6-7H,5,8-9H2,1-2H3. The van der Waals surface area contributed by atoms with Crippen molar-refractivity contribution in [2.75, 3.05) is 25.7 Å². The van der Waals surface area contributed by atoms with Gasteiger partial charge < -0.3 is 0 Å². The third-order valence-electron chi connectivity index (χ3n) is 2.49. The summed E-state index contributed by atoms with van der Waals surface area (Å²) >= 11 is 5.48. The summed E-state index contributed by atoms with van der Waals surface area (Å²) in [6.07, 6.45) is 0.278. The van der Waals surface area contributed by atoms with Crippen molar-refractivity contribution in [2.24, 2.45) is 0 Å². The van der Waals surface area contributed by atoms with Gasteiger partial charge in [-0.25, -0.2) is 21.1 Å². The van der Waals surface area contributed by atoms with E-state index in [2.05, 4.69) is 0 Å². The molecule has 0 saturated carbocycles. The van der Waals surface area contributed by atoms with E-state index in [1.54, 1.807) is 0 Å². The fourth-order valence-electron chi connectivity index (χ4n) is 1.47. The molecule has 5 nitrogen and oxygen atoms in total. The first-order valence-electron chi connectivity index (χ1n) is 5.54. The van der Waals surface area contributed by atoms with Crippen molar-refractivity contribution in [1.82, 2.24) is 4.31 Å². The predicted octanol–water partition coefficient (Wildman–Crippen LogP) is 1.34. The van der Waals surface area contributed by atoms with Crippen LogP contribution in [-0.4, -0.2) is 46.9 Å². The molecule has 0 spiro atoms. The third-order valence-corrected chi connectivity index (χ3v) is 6.61. The fraction of sp³-hybridized carbons (Fsp3) is 0.455. The molecule has 19 heavy (non-hydrogen) atoms. The zero-order valence-corrected chi connectivity index (χ0v) is 13.1. The number of hydrogen-bond acceptors (Lipinski definition) is 4. The Morgan fingerprint density at radius 1 is 1.05 bits per heavy atom. The lowest BCUT2D eigenvalue weighted by atomic mass is 10.4. The van der Waals surface area contributed by atoms with Gasteiger partial charge in [0.2, 0.25) is 10.0 Å². The summed E-state index contributed by atoms with van der Waals surface area (Å²) in [5.41, 5.74) is 0. The Balaban J connectivity index is 3.40. The summed E-state index contributed by atoms with van der Waals surface area (Å²) in [6.45, 7) is 0. The molecule has 0 atom stereocenters. The van der Waals surface area contributed by atoms with Crippen LogP contribution in [0.3, 0.4) is 0 Å². The van der Waals surface area contributed by atoms with Crippen LogP contribution in [0.25, 0.3) is 0 Å². The highest BCUT2D eigenvalue weighted by molar-refractivity contribution is 7.93. The van der Waals surface area contributed by atoms with Crippen LogP contribution >= 0.6 is 11.6 Å². The van der Waals surface area contributed by atoms with E-state index in [0.717, 1.165) is 4.31 Å². The Hall–Kier alpha value is -0.630. The number of sulfonamides is 1. The molecular formula is C11H16ClNO4S2. The number of sulfone groups is 1. The van der Waals surface area contributed by atoms with Gasteiger partial charge in [0, 0.05) is 20.0 Å². The van der Waals surface area contributed by atoms with Gasteiger partial charge in [-0.1, -0.05) is 12.1 Å². The first kappa shape index (κ1) is 16.4. The number of rotatable bonds is 6. The highest BCUT2D eigenvalue weighted by Crippen LogP contribution is 2.24. The molecule has 8 heteroatoms. The van der Waals surface area contributed by atoms with Crippen LogP contribution in [0.15, 0.2) is 34.1 Å². The molecule has 1 aromatic carbocycles. The van der Waals surface area contributed by atoms with Crippen LogP contribution in [-0.2, 0) is 19.9 Å². The predicted molar refractivity (Wildman–Crippen MR) is 74.7 cm³/mol. The number of alkyl halides is 1. The second-order valence-electron chi connectivity index (χ2n) is 4.10. The summed E-state index contributed by atoms with van der Waals surface area (Å²) in [5, 5.41) is 0. The number of benzene rings is 1. The molecule has 0 amide bonds. The average molecular weight is 326 g/mol. The fourth-order valence-corrected chi connectivity index (χ4v) is 4.83. The largest absolute Gasteiger partial charge is 0.243 e. The third kappa shape index (κ3) is 3.68. The van der Waals surface area contributed by atoms with Gasteiger partial charge in [-0.2, -0.15) is 0 Å². The van der Waals surface area contributed by atoms with E-state index in [1.165, 1.54) is 38.4 Å². The van der Waals surface area contributed by atoms with Gasteiger partial charge in [0.05, 0.1) is 10.6 Å². The van der Waals surface area contributed by atoms with Crippen molar-refractivity contribution < 1.29 is 16.8 Å². The van der Waals surface area contributed by atoms with E-state index >= 15 is 0 Å². The Morgan fingerprint density at radius 2 is 1.58 bits per heavy atom. The molecular weight excluding hydrogens is 310 g/mol. The van der Waals surface area contributed by atoms with Gasteiger partial charge in [-0.15, -0.1) is 11.6 Å². The summed E-state index contributed by atoms with van der Waals surface area (Å²) < 4.78 is 49.5. The van der Waals surface area contributed by atoms with Gasteiger partial charge in [0.25, 0.3) is 0 Å². The average Bonchev–Trinajstić information content (AvgIpc) is 2.36. The molecule has 108 valence electrons. The van der Waals surface area contributed by atoms with Crippen molar-refractivity contribution in [3.05, 3.63) is 24.3 Å². The molecule has 1 rings (SSSR count). The van der Waals surface area contributed by atoms with E-state index in [0.29, 0.717) is 0 Å². The molecule has 0 aromatic heterocycles.